The van der Waals surface area contributed by atoms with E-state index in [1.165, 1.54) is 26.2 Å². The van der Waals surface area contributed by atoms with Crippen LogP contribution in [0.25, 0.3) is 0 Å². The summed E-state index contributed by atoms with van der Waals surface area (Å²) in [6.07, 6.45) is 0. The number of hydrogen-bond donors (Lipinski definition) is 2. The number of hydrogen-bond acceptors (Lipinski definition) is 6. The zero-order valence-electron chi connectivity index (χ0n) is 10.7. The summed E-state index contributed by atoms with van der Waals surface area (Å²) in [6.45, 7) is 0.449. The largest absolute Gasteiger partial charge is 0.447 e. The van der Waals surface area contributed by atoms with Gasteiger partial charge in [0.25, 0.3) is 10.0 Å². The minimum absolute atomic E-state index is 0.0528. The van der Waals surface area contributed by atoms with Crippen LogP contribution in [0.5, 0.6) is 0 Å². The number of sulfonamides is 2. The van der Waals surface area contributed by atoms with Gasteiger partial charge < -0.3 is 9.73 Å². The zero-order valence-corrected chi connectivity index (χ0v) is 12.3. The summed E-state index contributed by atoms with van der Waals surface area (Å²) in [4.78, 5) is 0. The number of nitrogens with zero attached hydrogens (tertiary/aromatic N) is 1. The molecule has 0 spiro atoms. The number of nitrogens with two attached hydrogens (primary N) is 1. The van der Waals surface area contributed by atoms with Crippen LogP contribution in [-0.2, 0) is 26.6 Å². The van der Waals surface area contributed by atoms with E-state index in [0.29, 0.717) is 5.76 Å². The first-order valence-electron chi connectivity index (χ1n) is 5.35. The van der Waals surface area contributed by atoms with Gasteiger partial charge in [-0.1, -0.05) is 0 Å². The number of furan rings is 1. The van der Waals surface area contributed by atoms with Gasteiger partial charge in [-0.3, -0.25) is 0 Å². The van der Waals surface area contributed by atoms with Crippen molar-refractivity contribution in [2.75, 3.05) is 26.4 Å². The van der Waals surface area contributed by atoms with Gasteiger partial charge in [-0.05, 0) is 12.1 Å². The number of primary sulfonamides is 1. The normalized spacial score (nSPS) is 13.1. The highest BCUT2D eigenvalue weighted by atomic mass is 32.2. The Labute approximate surface area is 112 Å². The third-order valence-corrected chi connectivity index (χ3v) is 4.92. The molecule has 0 saturated carbocycles. The molecule has 0 unspecified atom stereocenters. The Morgan fingerprint density at radius 3 is 2.37 bits per heavy atom. The van der Waals surface area contributed by atoms with Gasteiger partial charge in [0.05, 0.1) is 12.3 Å². The Kier molecular flexibility index (Phi) is 5.10. The van der Waals surface area contributed by atoms with Crippen molar-refractivity contribution in [2.24, 2.45) is 5.14 Å². The van der Waals surface area contributed by atoms with Crippen LogP contribution in [0.1, 0.15) is 5.76 Å². The van der Waals surface area contributed by atoms with Crippen LogP contribution < -0.4 is 10.5 Å². The molecule has 1 aromatic rings. The lowest BCUT2D eigenvalue weighted by Gasteiger charge is -2.10. The lowest BCUT2D eigenvalue weighted by Crippen LogP contribution is -2.30. The first kappa shape index (κ1) is 16.1. The molecule has 0 aliphatic rings. The number of nitrogens with one attached hydrogen (secondary N) is 1. The van der Waals surface area contributed by atoms with E-state index in [1.807, 2.05) is 0 Å². The van der Waals surface area contributed by atoms with Gasteiger partial charge in [-0.15, -0.1) is 0 Å². The third-order valence-electron chi connectivity index (χ3n) is 2.31. The maximum Gasteiger partial charge on any atom is 0.271 e. The molecule has 0 radical (unpaired) electrons. The maximum atomic E-state index is 11.4. The van der Waals surface area contributed by atoms with Crippen LogP contribution in [-0.4, -0.2) is 47.5 Å². The van der Waals surface area contributed by atoms with E-state index in [1.54, 1.807) is 0 Å². The average Bonchev–Trinajstić information content (AvgIpc) is 2.72. The van der Waals surface area contributed by atoms with Crippen LogP contribution in [0.2, 0.25) is 0 Å². The molecule has 8 nitrogen and oxygen atoms in total. The lowest BCUT2D eigenvalue weighted by atomic mass is 10.4. The molecule has 10 heteroatoms. The highest BCUT2D eigenvalue weighted by molar-refractivity contribution is 7.89. The fourth-order valence-electron chi connectivity index (χ4n) is 1.20. The second-order valence-electron chi connectivity index (χ2n) is 4.04. The Bertz CT molecular complexity index is 618. The van der Waals surface area contributed by atoms with E-state index in [4.69, 9.17) is 9.56 Å². The highest BCUT2D eigenvalue weighted by Crippen LogP contribution is 2.11. The van der Waals surface area contributed by atoms with Gasteiger partial charge >= 0.3 is 0 Å². The summed E-state index contributed by atoms with van der Waals surface area (Å²) in [5, 5.41) is 7.42. The first-order valence-corrected chi connectivity index (χ1v) is 8.51. The van der Waals surface area contributed by atoms with Crippen molar-refractivity contribution in [3.05, 3.63) is 17.9 Å². The van der Waals surface area contributed by atoms with Crippen molar-refractivity contribution in [1.82, 2.24) is 9.62 Å². The SMILES string of the molecule is CN(C)S(=O)(=O)CCNCc1ccc(S(N)(=O)=O)o1. The monoisotopic (exact) mass is 311 g/mol. The van der Waals surface area contributed by atoms with Gasteiger partial charge in [-0.25, -0.2) is 26.3 Å². The molecule has 0 saturated heterocycles. The second-order valence-corrected chi connectivity index (χ2v) is 7.84. The Hall–Kier alpha value is -0.940. The van der Waals surface area contributed by atoms with Crippen molar-refractivity contribution >= 4 is 20.0 Å². The van der Waals surface area contributed by atoms with Crippen LogP contribution in [0, 0.1) is 0 Å². The summed E-state index contributed by atoms with van der Waals surface area (Å²) >= 11 is 0. The van der Waals surface area contributed by atoms with Crippen molar-refractivity contribution in [3.63, 3.8) is 0 Å². The molecular formula is C9H17N3O5S2. The molecule has 110 valence electrons. The molecule has 0 atom stereocenters. The second kappa shape index (κ2) is 6.01. The summed E-state index contributed by atoms with van der Waals surface area (Å²) in [6, 6.07) is 2.72. The molecule has 0 aliphatic heterocycles. The molecule has 0 aromatic carbocycles. The first-order chi connectivity index (χ1) is 8.63. The summed E-state index contributed by atoms with van der Waals surface area (Å²) in [5.74, 6) is 0.314. The minimum atomic E-state index is -3.84. The topological polar surface area (TPSA) is 123 Å². The molecule has 1 rings (SSSR count). The fraction of sp³-hybridized carbons (Fsp3) is 0.556. The van der Waals surface area contributed by atoms with Gasteiger partial charge in [0.15, 0.2) is 0 Å². The van der Waals surface area contributed by atoms with Crippen LogP contribution in [0.15, 0.2) is 21.6 Å². The molecule has 0 bridgehead atoms. The molecule has 19 heavy (non-hydrogen) atoms. The van der Waals surface area contributed by atoms with Gasteiger partial charge in [0, 0.05) is 20.6 Å². The van der Waals surface area contributed by atoms with E-state index < -0.39 is 20.0 Å². The van der Waals surface area contributed by atoms with Gasteiger partial charge in [-0.2, -0.15) is 0 Å². The maximum absolute atomic E-state index is 11.4. The van der Waals surface area contributed by atoms with Crippen molar-refractivity contribution in [1.29, 1.82) is 0 Å². The summed E-state index contributed by atoms with van der Waals surface area (Å²) in [5.41, 5.74) is 0. The zero-order chi connectivity index (χ0) is 14.7. The van der Waals surface area contributed by atoms with E-state index in [0.717, 1.165) is 4.31 Å². The molecule has 0 fully saturated rings. The molecule has 3 N–H and O–H groups in total. The van der Waals surface area contributed by atoms with Gasteiger partial charge in [0.2, 0.25) is 15.1 Å². The van der Waals surface area contributed by atoms with Gasteiger partial charge in [0.1, 0.15) is 5.76 Å². The van der Waals surface area contributed by atoms with Crippen molar-refractivity contribution < 1.29 is 21.3 Å². The Morgan fingerprint density at radius 2 is 1.89 bits per heavy atom. The predicted molar refractivity (Wildman–Crippen MR) is 69.3 cm³/mol. The lowest BCUT2D eigenvalue weighted by molar-refractivity contribution is 0.404. The van der Waals surface area contributed by atoms with Crippen LogP contribution >= 0.6 is 0 Å². The quantitative estimate of drug-likeness (QED) is 0.617. The molecule has 0 amide bonds. The van der Waals surface area contributed by atoms with E-state index >= 15 is 0 Å². The molecular weight excluding hydrogens is 294 g/mol. The summed E-state index contributed by atoms with van der Waals surface area (Å²) in [7, 11) is -4.17. The molecule has 1 aromatic heterocycles. The highest BCUT2D eigenvalue weighted by Gasteiger charge is 2.14. The van der Waals surface area contributed by atoms with E-state index in [9.17, 15) is 16.8 Å². The number of rotatable bonds is 7. The van der Waals surface area contributed by atoms with Crippen LogP contribution in [0.3, 0.4) is 0 Å². The minimum Gasteiger partial charge on any atom is -0.447 e. The average molecular weight is 311 g/mol. The molecule has 0 aliphatic carbocycles. The third kappa shape index (κ3) is 4.91. The Morgan fingerprint density at radius 1 is 1.26 bits per heavy atom. The van der Waals surface area contributed by atoms with Crippen LogP contribution in [0.4, 0.5) is 0 Å². The Balaban J connectivity index is 2.45. The fourth-order valence-corrected chi connectivity index (χ4v) is 2.45. The van der Waals surface area contributed by atoms with E-state index in [-0.39, 0.29) is 23.9 Å². The summed E-state index contributed by atoms with van der Waals surface area (Å²) < 4.78 is 50.9. The smallest absolute Gasteiger partial charge is 0.271 e. The predicted octanol–water partition coefficient (Wildman–Crippen LogP) is -1.09. The molecule has 1 heterocycles. The van der Waals surface area contributed by atoms with Crippen molar-refractivity contribution in [3.8, 4) is 0 Å². The standard InChI is InChI=1S/C9H17N3O5S2/c1-12(2)18(13,14)6-5-11-7-8-3-4-9(17-8)19(10,15)16/h3-4,11H,5-7H2,1-2H3,(H2,10,15,16). The van der Waals surface area contributed by atoms with Crippen molar-refractivity contribution in [2.45, 2.75) is 11.6 Å². The van der Waals surface area contributed by atoms with E-state index in [2.05, 4.69) is 5.32 Å².